The Bertz CT molecular complexity index is 960. The van der Waals surface area contributed by atoms with E-state index in [9.17, 15) is 14.7 Å². The van der Waals surface area contributed by atoms with Crippen LogP contribution in [0.1, 0.15) is 16.9 Å². The lowest BCUT2D eigenvalue weighted by atomic mass is 10.1. The molecule has 0 saturated heterocycles. The molecule has 0 spiro atoms. The number of nitrogens with zero attached hydrogens (tertiary/aromatic N) is 2. The molecule has 0 unspecified atom stereocenters. The van der Waals surface area contributed by atoms with E-state index in [0.29, 0.717) is 22.3 Å². The van der Waals surface area contributed by atoms with Crippen molar-refractivity contribution in [3.8, 4) is 17.2 Å². The average Bonchev–Trinajstić information content (AvgIpc) is 2.62. The minimum atomic E-state index is -1.03. The second kappa shape index (κ2) is 7.47. The third-order valence-corrected chi connectivity index (χ3v) is 3.54. The van der Waals surface area contributed by atoms with Gasteiger partial charge in [0.1, 0.15) is 11.5 Å². The van der Waals surface area contributed by atoms with Gasteiger partial charge >= 0.3 is 5.97 Å². The van der Waals surface area contributed by atoms with Crippen molar-refractivity contribution < 1.29 is 24.5 Å². The number of fused-ring (bicyclic) bond motifs is 1. The van der Waals surface area contributed by atoms with Crippen molar-refractivity contribution in [2.45, 2.75) is 6.42 Å². The van der Waals surface area contributed by atoms with E-state index >= 15 is 0 Å². The summed E-state index contributed by atoms with van der Waals surface area (Å²) in [7, 11) is 0. The Kier molecular flexibility index (Phi) is 4.93. The molecule has 132 valence electrons. The molecule has 2 aromatic heterocycles. The van der Waals surface area contributed by atoms with Gasteiger partial charge in [0.15, 0.2) is 11.4 Å². The molecule has 8 heteroatoms. The summed E-state index contributed by atoms with van der Waals surface area (Å²) in [5, 5.41) is 22.3. The SMILES string of the molecule is O=C(O)CCNC(=O)c1ncc2cc(Oc3cccnc3)ccc2c1O. The number of rotatable bonds is 6. The van der Waals surface area contributed by atoms with Gasteiger partial charge in [0.05, 0.1) is 12.6 Å². The van der Waals surface area contributed by atoms with Gasteiger partial charge in [-0.25, -0.2) is 4.98 Å². The van der Waals surface area contributed by atoms with Gasteiger partial charge in [-0.3, -0.25) is 14.6 Å². The molecule has 1 amide bonds. The fraction of sp³-hybridized carbons (Fsp3) is 0.111. The Morgan fingerprint density at radius 1 is 1.15 bits per heavy atom. The molecule has 3 N–H and O–H groups in total. The molecule has 3 aromatic rings. The Hall–Kier alpha value is -3.68. The van der Waals surface area contributed by atoms with E-state index in [1.54, 1.807) is 42.7 Å². The number of carboxylic acid groups (broad SMARTS) is 1. The zero-order chi connectivity index (χ0) is 18.5. The number of hydrogen-bond donors (Lipinski definition) is 3. The van der Waals surface area contributed by atoms with Gasteiger partial charge in [-0.05, 0) is 30.3 Å². The third-order valence-electron chi connectivity index (χ3n) is 3.54. The number of carbonyl (C=O) groups excluding carboxylic acids is 1. The van der Waals surface area contributed by atoms with Crippen LogP contribution in [0.5, 0.6) is 17.2 Å². The van der Waals surface area contributed by atoms with Crippen LogP contribution in [-0.2, 0) is 4.79 Å². The molecule has 0 fully saturated rings. The fourth-order valence-corrected chi connectivity index (χ4v) is 2.33. The molecule has 0 aliphatic rings. The summed E-state index contributed by atoms with van der Waals surface area (Å²) in [4.78, 5) is 30.5. The van der Waals surface area contributed by atoms with Gasteiger partial charge in [0.2, 0.25) is 0 Å². The summed E-state index contributed by atoms with van der Waals surface area (Å²) in [5.74, 6) is -0.837. The molecule has 1 aromatic carbocycles. The second-order valence-corrected chi connectivity index (χ2v) is 5.39. The normalized spacial score (nSPS) is 10.5. The Morgan fingerprint density at radius 3 is 2.73 bits per heavy atom. The highest BCUT2D eigenvalue weighted by atomic mass is 16.5. The van der Waals surface area contributed by atoms with Gasteiger partial charge in [-0.15, -0.1) is 0 Å². The number of nitrogens with one attached hydrogen (secondary N) is 1. The minimum Gasteiger partial charge on any atom is -0.505 e. The van der Waals surface area contributed by atoms with E-state index in [4.69, 9.17) is 9.84 Å². The predicted molar refractivity (Wildman–Crippen MR) is 92.3 cm³/mol. The molecule has 0 aliphatic carbocycles. The monoisotopic (exact) mass is 353 g/mol. The molecule has 0 atom stereocenters. The smallest absolute Gasteiger partial charge is 0.305 e. The van der Waals surface area contributed by atoms with Gasteiger partial charge < -0.3 is 20.3 Å². The standard InChI is InChI=1S/C18H15N3O5/c22-15(23)5-7-20-18(25)16-17(24)14-4-3-12(8-11(14)9-21-16)26-13-2-1-6-19-10-13/h1-4,6,8-10,24H,5,7H2,(H,20,25)(H,22,23). The zero-order valence-corrected chi connectivity index (χ0v) is 13.5. The number of hydrogen-bond acceptors (Lipinski definition) is 6. The van der Waals surface area contributed by atoms with Crippen LogP contribution in [0.15, 0.2) is 48.9 Å². The lowest BCUT2D eigenvalue weighted by Gasteiger charge is -2.09. The summed E-state index contributed by atoms with van der Waals surface area (Å²) in [6.45, 7) is -0.0504. The Morgan fingerprint density at radius 2 is 2.00 bits per heavy atom. The van der Waals surface area contributed by atoms with Crippen LogP contribution < -0.4 is 10.1 Å². The maximum absolute atomic E-state index is 12.0. The van der Waals surface area contributed by atoms with Crippen LogP contribution in [0.4, 0.5) is 0 Å². The maximum Gasteiger partial charge on any atom is 0.305 e. The Labute approximate surface area is 148 Å². The molecule has 0 aliphatic heterocycles. The first-order valence-electron chi connectivity index (χ1n) is 7.74. The van der Waals surface area contributed by atoms with Crippen molar-refractivity contribution in [2.75, 3.05) is 6.54 Å². The fourth-order valence-electron chi connectivity index (χ4n) is 2.33. The second-order valence-electron chi connectivity index (χ2n) is 5.39. The number of pyridine rings is 2. The van der Waals surface area contributed by atoms with Gasteiger partial charge in [-0.1, -0.05) is 0 Å². The molecule has 8 nitrogen and oxygen atoms in total. The molecular weight excluding hydrogens is 338 g/mol. The maximum atomic E-state index is 12.0. The van der Waals surface area contributed by atoms with Crippen LogP contribution in [0.3, 0.4) is 0 Å². The van der Waals surface area contributed by atoms with E-state index in [1.807, 2.05) is 0 Å². The first-order valence-corrected chi connectivity index (χ1v) is 7.74. The summed E-state index contributed by atoms with van der Waals surface area (Å²) in [6, 6.07) is 8.46. The molecule has 2 heterocycles. The van der Waals surface area contributed by atoms with Crippen LogP contribution in [0, 0.1) is 0 Å². The number of aliphatic carboxylic acids is 1. The number of aromatic hydroxyl groups is 1. The minimum absolute atomic E-state index is 0.0504. The largest absolute Gasteiger partial charge is 0.505 e. The molecular formula is C18H15N3O5. The quantitative estimate of drug-likeness (QED) is 0.622. The van der Waals surface area contributed by atoms with Crippen molar-refractivity contribution in [3.05, 3.63) is 54.6 Å². The number of carboxylic acids is 1. The van der Waals surface area contributed by atoms with Crippen LogP contribution >= 0.6 is 0 Å². The van der Waals surface area contributed by atoms with Crippen molar-refractivity contribution >= 4 is 22.6 Å². The van der Waals surface area contributed by atoms with Crippen molar-refractivity contribution in [1.82, 2.24) is 15.3 Å². The van der Waals surface area contributed by atoms with Gasteiger partial charge in [0.25, 0.3) is 5.91 Å². The summed E-state index contributed by atoms with van der Waals surface area (Å²) in [5.41, 5.74) is -0.163. The number of amides is 1. The number of benzene rings is 1. The highest BCUT2D eigenvalue weighted by Gasteiger charge is 2.16. The van der Waals surface area contributed by atoms with Crippen LogP contribution in [0.25, 0.3) is 10.8 Å². The van der Waals surface area contributed by atoms with E-state index in [-0.39, 0.29) is 24.4 Å². The highest BCUT2D eigenvalue weighted by Crippen LogP contribution is 2.31. The predicted octanol–water partition coefficient (Wildman–Crippen LogP) is 2.33. The summed E-state index contributed by atoms with van der Waals surface area (Å²) in [6.07, 6.45) is 4.44. The lowest BCUT2D eigenvalue weighted by molar-refractivity contribution is -0.136. The van der Waals surface area contributed by atoms with E-state index in [0.717, 1.165) is 0 Å². The van der Waals surface area contributed by atoms with E-state index in [2.05, 4.69) is 15.3 Å². The molecule has 0 radical (unpaired) electrons. The summed E-state index contributed by atoms with van der Waals surface area (Å²) < 4.78 is 5.67. The number of aromatic nitrogens is 2. The number of carbonyl (C=O) groups is 2. The van der Waals surface area contributed by atoms with Crippen LogP contribution in [-0.4, -0.2) is 38.6 Å². The van der Waals surface area contributed by atoms with E-state index < -0.39 is 11.9 Å². The molecule has 0 bridgehead atoms. The van der Waals surface area contributed by atoms with Crippen molar-refractivity contribution in [2.24, 2.45) is 0 Å². The van der Waals surface area contributed by atoms with Crippen LogP contribution in [0.2, 0.25) is 0 Å². The first kappa shape index (κ1) is 17.2. The Balaban J connectivity index is 1.82. The zero-order valence-electron chi connectivity index (χ0n) is 13.5. The summed E-state index contributed by atoms with van der Waals surface area (Å²) >= 11 is 0. The van der Waals surface area contributed by atoms with E-state index in [1.165, 1.54) is 6.20 Å². The molecule has 26 heavy (non-hydrogen) atoms. The third kappa shape index (κ3) is 3.86. The highest BCUT2D eigenvalue weighted by molar-refractivity contribution is 6.01. The number of ether oxygens (including phenoxy) is 1. The first-order chi connectivity index (χ1) is 12.5. The molecule has 0 saturated carbocycles. The lowest BCUT2D eigenvalue weighted by Crippen LogP contribution is -2.26. The van der Waals surface area contributed by atoms with Crippen molar-refractivity contribution in [3.63, 3.8) is 0 Å². The van der Waals surface area contributed by atoms with Crippen molar-refractivity contribution in [1.29, 1.82) is 0 Å². The average molecular weight is 353 g/mol. The van der Waals surface area contributed by atoms with Gasteiger partial charge in [-0.2, -0.15) is 0 Å². The van der Waals surface area contributed by atoms with Gasteiger partial charge in [0, 0.05) is 29.7 Å². The molecule has 3 rings (SSSR count). The topological polar surface area (TPSA) is 122 Å².